The van der Waals surface area contributed by atoms with Gasteiger partial charge in [-0.1, -0.05) is 69.9 Å². The molecule has 0 aliphatic rings. The molecule has 0 radical (unpaired) electrons. The van der Waals surface area contributed by atoms with Crippen LogP contribution in [0.2, 0.25) is 0 Å². The topological polar surface area (TPSA) is 69.4 Å². The zero-order valence-electron chi connectivity index (χ0n) is 13.3. The molecule has 0 aliphatic heterocycles. The lowest BCUT2D eigenvalue weighted by molar-refractivity contribution is -0.773. The summed E-state index contributed by atoms with van der Waals surface area (Å²) < 4.78 is 0. The minimum Gasteiger partial charge on any atom is -0.306 e. The van der Waals surface area contributed by atoms with E-state index in [-0.39, 0.29) is 11.8 Å². The molecule has 22 heavy (non-hydrogen) atoms. The predicted octanol–water partition coefficient (Wildman–Crippen LogP) is 4.36. The summed E-state index contributed by atoms with van der Waals surface area (Å²) in [5.74, 6) is -0.478. The zero-order chi connectivity index (χ0) is 16.4. The summed E-state index contributed by atoms with van der Waals surface area (Å²) in [4.78, 5) is 27.1. The average molecular weight is 307 g/mol. The maximum atomic E-state index is 11.4. The summed E-state index contributed by atoms with van der Waals surface area (Å²) in [6.45, 7) is 3.98. The van der Waals surface area contributed by atoms with Crippen molar-refractivity contribution in [2.24, 2.45) is 11.8 Å². The third-order valence-corrected chi connectivity index (χ3v) is 4.05. The molecule has 0 amide bonds. The van der Waals surface area contributed by atoms with E-state index in [4.69, 9.17) is 4.84 Å². The normalized spacial score (nSPS) is 14.8. The van der Waals surface area contributed by atoms with Gasteiger partial charge in [-0.15, -0.1) is 10.1 Å². The molecule has 5 nitrogen and oxygen atoms in total. The van der Waals surface area contributed by atoms with E-state index < -0.39 is 11.2 Å². The fourth-order valence-corrected chi connectivity index (χ4v) is 2.68. The number of rotatable bonds is 11. The molecule has 1 aromatic carbocycles. The SMILES string of the molecule is CCCCCCC(C=O)C(C)[C@H](O[N+](=O)[O-])c1ccccc1. The molecule has 0 heterocycles. The number of benzene rings is 1. The van der Waals surface area contributed by atoms with Gasteiger partial charge in [-0.3, -0.25) is 0 Å². The number of aldehydes is 1. The first-order chi connectivity index (χ1) is 10.6. The minimum atomic E-state index is -0.771. The van der Waals surface area contributed by atoms with E-state index in [1.54, 1.807) is 12.1 Å². The van der Waals surface area contributed by atoms with Crippen LogP contribution in [0.15, 0.2) is 30.3 Å². The van der Waals surface area contributed by atoms with Gasteiger partial charge in [0.2, 0.25) is 0 Å². The Bertz CT molecular complexity index is 449. The smallest absolute Gasteiger partial charge is 0.295 e. The molecule has 0 fully saturated rings. The summed E-state index contributed by atoms with van der Waals surface area (Å²) in [6.07, 6.45) is 5.27. The van der Waals surface area contributed by atoms with E-state index in [0.29, 0.717) is 0 Å². The van der Waals surface area contributed by atoms with Gasteiger partial charge in [0.1, 0.15) is 12.4 Å². The van der Waals surface area contributed by atoms with Gasteiger partial charge in [-0.25, -0.2) is 0 Å². The summed E-state index contributed by atoms with van der Waals surface area (Å²) in [5, 5.41) is 10.0. The molecule has 5 heteroatoms. The third kappa shape index (κ3) is 5.84. The molecule has 0 bridgehead atoms. The molecule has 122 valence electrons. The predicted molar refractivity (Wildman–Crippen MR) is 84.7 cm³/mol. The maximum absolute atomic E-state index is 11.4. The lowest BCUT2D eigenvalue weighted by Crippen LogP contribution is -2.25. The average Bonchev–Trinajstić information content (AvgIpc) is 2.53. The Morgan fingerprint density at radius 2 is 1.91 bits per heavy atom. The van der Waals surface area contributed by atoms with Crippen LogP contribution in [0.3, 0.4) is 0 Å². The van der Waals surface area contributed by atoms with Crippen molar-refractivity contribution in [1.29, 1.82) is 0 Å². The zero-order valence-corrected chi connectivity index (χ0v) is 13.3. The molecule has 1 rings (SSSR count). The highest BCUT2D eigenvalue weighted by molar-refractivity contribution is 5.54. The van der Waals surface area contributed by atoms with Crippen LogP contribution < -0.4 is 0 Å². The molecule has 0 saturated heterocycles. The highest BCUT2D eigenvalue weighted by Gasteiger charge is 2.29. The minimum absolute atomic E-state index is 0.234. The Hall–Kier alpha value is -1.91. The number of nitrogens with zero attached hydrogens (tertiary/aromatic N) is 1. The molecule has 0 aromatic heterocycles. The fourth-order valence-electron chi connectivity index (χ4n) is 2.68. The van der Waals surface area contributed by atoms with E-state index in [1.807, 2.05) is 25.1 Å². The van der Waals surface area contributed by atoms with E-state index in [9.17, 15) is 14.9 Å². The molecule has 0 aliphatic carbocycles. The van der Waals surface area contributed by atoms with Crippen molar-refractivity contribution in [2.75, 3.05) is 0 Å². The van der Waals surface area contributed by atoms with Crippen LogP contribution in [-0.4, -0.2) is 11.4 Å². The Balaban J connectivity index is 2.78. The first-order valence-electron chi connectivity index (χ1n) is 7.91. The molecular formula is C17H25NO4. The number of hydrogen-bond donors (Lipinski definition) is 0. The summed E-state index contributed by atoms with van der Waals surface area (Å²) >= 11 is 0. The molecule has 0 spiro atoms. The van der Waals surface area contributed by atoms with Gasteiger partial charge < -0.3 is 9.63 Å². The van der Waals surface area contributed by atoms with Crippen LogP contribution in [-0.2, 0) is 9.63 Å². The van der Waals surface area contributed by atoms with Crippen molar-refractivity contribution < 1.29 is 14.7 Å². The Labute approximate surface area is 131 Å². The van der Waals surface area contributed by atoms with Gasteiger partial charge in [0.05, 0.1) is 0 Å². The molecule has 0 N–H and O–H groups in total. The molecule has 0 saturated carbocycles. The standard InChI is InChI=1S/C17H25NO4/c1-3-4-5-7-12-16(13-19)14(2)17(22-18(20)21)15-10-8-6-9-11-15/h6,8-11,13-14,16-17H,3-5,7,12H2,1-2H3/t14?,16?,17-/m0/s1. The van der Waals surface area contributed by atoms with Gasteiger partial charge in [-0.05, 0) is 17.9 Å². The van der Waals surface area contributed by atoms with E-state index >= 15 is 0 Å². The first-order valence-corrected chi connectivity index (χ1v) is 7.91. The van der Waals surface area contributed by atoms with Crippen molar-refractivity contribution >= 4 is 6.29 Å². The van der Waals surface area contributed by atoms with Crippen LogP contribution in [0.4, 0.5) is 0 Å². The monoisotopic (exact) mass is 307 g/mol. The van der Waals surface area contributed by atoms with Crippen molar-refractivity contribution in [3.63, 3.8) is 0 Å². The highest BCUT2D eigenvalue weighted by atomic mass is 17.0. The van der Waals surface area contributed by atoms with E-state index in [2.05, 4.69) is 6.92 Å². The number of carbonyl (C=O) groups is 1. The summed E-state index contributed by atoms with van der Waals surface area (Å²) in [5.41, 5.74) is 0.729. The lowest BCUT2D eigenvalue weighted by Gasteiger charge is -2.26. The highest BCUT2D eigenvalue weighted by Crippen LogP contribution is 2.33. The maximum Gasteiger partial charge on any atom is 0.295 e. The van der Waals surface area contributed by atoms with E-state index in [0.717, 1.165) is 44.0 Å². The second-order valence-corrected chi connectivity index (χ2v) is 5.67. The lowest BCUT2D eigenvalue weighted by atomic mass is 9.83. The number of carbonyl (C=O) groups excluding carboxylic acids is 1. The van der Waals surface area contributed by atoms with E-state index in [1.165, 1.54) is 0 Å². The van der Waals surface area contributed by atoms with Gasteiger partial charge in [0, 0.05) is 5.92 Å². The van der Waals surface area contributed by atoms with Gasteiger partial charge >= 0.3 is 0 Å². The Morgan fingerprint density at radius 1 is 1.23 bits per heavy atom. The van der Waals surface area contributed by atoms with Crippen LogP contribution in [0.25, 0.3) is 0 Å². The van der Waals surface area contributed by atoms with Gasteiger partial charge in [0.15, 0.2) is 0 Å². The van der Waals surface area contributed by atoms with Gasteiger partial charge in [0.25, 0.3) is 5.09 Å². The Kier molecular flexibility index (Phi) is 8.18. The van der Waals surface area contributed by atoms with Crippen molar-refractivity contribution in [1.82, 2.24) is 0 Å². The fraction of sp³-hybridized carbons (Fsp3) is 0.588. The summed E-state index contributed by atoms with van der Waals surface area (Å²) in [6, 6.07) is 9.07. The van der Waals surface area contributed by atoms with Crippen molar-refractivity contribution in [2.45, 2.75) is 52.1 Å². The first kappa shape index (κ1) is 18.1. The van der Waals surface area contributed by atoms with Crippen LogP contribution in [0.5, 0.6) is 0 Å². The van der Waals surface area contributed by atoms with Crippen molar-refractivity contribution in [3.05, 3.63) is 46.0 Å². The summed E-state index contributed by atoms with van der Waals surface area (Å²) in [7, 11) is 0. The second-order valence-electron chi connectivity index (χ2n) is 5.67. The molecule has 3 atom stereocenters. The number of unbranched alkanes of at least 4 members (excludes halogenated alkanes) is 3. The van der Waals surface area contributed by atoms with Crippen LogP contribution in [0, 0.1) is 22.0 Å². The Morgan fingerprint density at radius 3 is 2.45 bits per heavy atom. The quantitative estimate of drug-likeness (QED) is 0.264. The largest absolute Gasteiger partial charge is 0.306 e. The second kappa shape index (κ2) is 9.92. The van der Waals surface area contributed by atoms with Crippen molar-refractivity contribution in [3.8, 4) is 0 Å². The van der Waals surface area contributed by atoms with Crippen LogP contribution >= 0.6 is 0 Å². The third-order valence-electron chi connectivity index (χ3n) is 4.05. The molecule has 2 unspecified atom stereocenters. The molecule has 1 aromatic rings. The van der Waals surface area contributed by atoms with Crippen LogP contribution in [0.1, 0.15) is 57.6 Å². The van der Waals surface area contributed by atoms with Gasteiger partial charge in [-0.2, -0.15) is 0 Å². The number of hydrogen-bond acceptors (Lipinski definition) is 4. The molecular weight excluding hydrogens is 282 g/mol.